The van der Waals surface area contributed by atoms with Crippen LogP contribution in [-0.2, 0) is 4.74 Å². The third-order valence-corrected chi connectivity index (χ3v) is 2.36. The highest BCUT2D eigenvalue weighted by atomic mass is 16.5. The third kappa shape index (κ3) is 3.61. The van der Waals surface area contributed by atoms with Crippen molar-refractivity contribution in [2.75, 3.05) is 13.2 Å². The molecule has 1 aromatic heterocycles. The molecule has 1 aromatic rings. The van der Waals surface area contributed by atoms with E-state index in [9.17, 15) is 9.59 Å². The van der Waals surface area contributed by atoms with Gasteiger partial charge in [0.05, 0.1) is 13.2 Å². The first-order valence-corrected chi connectivity index (χ1v) is 6.14. The summed E-state index contributed by atoms with van der Waals surface area (Å²) in [5.41, 5.74) is 0.397. The van der Waals surface area contributed by atoms with Crippen LogP contribution in [0.25, 0.3) is 0 Å². The molecule has 1 rings (SSSR count). The molecular formula is C13H19NO4. The Kier molecular flexibility index (Phi) is 5.42. The lowest BCUT2D eigenvalue weighted by Gasteiger charge is -2.10. The molecular weight excluding hydrogens is 234 g/mol. The molecule has 0 atom stereocenters. The van der Waals surface area contributed by atoms with Crippen LogP contribution in [-0.4, -0.2) is 24.2 Å². The van der Waals surface area contributed by atoms with Gasteiger partial charge in [-0.25, -0.2) is 4.79 Å². The number of hydrogen-bond donors (Lipinski definition) is 1. The number of carbonyl (C=O) groups is 1. The number of ether oxygens (including phenoxy) is 2. The Balaban J connectivity index is 3.05. The summed E-state index contributed by atoms with van der Waals surface area (Å²) in [6, 6.07) is 1.57. The smallest absolute Gasteiger partial charge is 0.342 e. The standard InChI is InChI=1S/C13H19NO4/c1-4-6-7-18-11-10(13(16)17-5-2)8-9(3)14-12(11)15/h8H,4-7H2,1-3H3,(H,14,15). The van der Waals surface area contributed by atoms with Gasteiger partial charge in [0.1, 0.15) is 5.56 Å². The zero-order chi connectivity index (χ0) is 13.5. The van der Waals surface area contributed by atoms with E-state index in [2.05, 4.69) is 4.98 Å². The summed E-state index contributed by atoms with van der Waals surface area (Å²) in [5, 5.41) is 0. The number of esters is 1. The van der Waals surface area contributed by atoms with Crippen molar-refractivity contribution >= 4 is 5.97 Å². The van der Waals surface area contributed by atoms with E-state index in [1.165, 1.54) is 0 Å². The molecule has 0 bridgehead atoms. The first-order chi connectivity index (χ1) is 8.60. The van der Waals surface area contributed by atoms with E-state index >= 15 is 0 Å². The Labute approximate surface area is 106 Å². The quantitative estimate of drug-likeness (QED) is 0.622. The van der Waals surface area contributed by atoms with E-state index in [0.717, 1.165) is 12.8 Å². The lowest BCUT2D eigenvalue weighted by Crippen LogP contribution is -2.19. The fraction of sp³-hybridized carbons (Fsp3) is 0.538. The molecule has 0 aromatic carbocycles. The van der Waals surface area contributed by atoms with E-state index in [-0.39, 0.29) is 17.9 Å². The second-order valence-corrected chi connectivity index (χ2v) is 3.95. The lowest BCUT2D eigenvalue weighted by molar-refractivity contribution is 0.0521. The van der Waals surface area contributed by atoms with Gasteiger partial charge >= 0.3 is 5.97 Å². The van der Waals surface area contributed by atoms with Gasteiger partial charge in [-0.1, -0.05) is 13.3 Å². The fourth-order valence-electron chi connectivity index (χ4n) is 1.50. The van der Waals surface area contributed by atoms with Crippen LogP contribution in [0.1, 0.15) is 42.7 Å². The third-order valence-electron chi connectivity index (χ3n) is 2.36. The van der Waals surface area contributed by atoms with Gasteiger partial charge in [0.15, 0.2) is 5.75 Å². The second kappa shape index (κ2) is 6.83. The number of carbonyl (C=O) groups excluding carboxylic acids is 1. The van der Waals surface area contributed by atoms with Crippen molar-refractivity contribution in [1.29, 1.82) is 0 Å². The van der Waals surface area contributed by atoms with Gasteiger partial charge in [-0.05, 0) is 26.3 Å². The monoisotopic (exact) mass is 253 g/mol. The number of rotatable bonds is 6. The molecule has 100 valence electrons. The van der Waals surface area contributed by atoms with E-state index in [1.807, 2.05) is 6.92 Å². The average Bonchev–Trinajstić information content (AvgIpc) is 2.31. The predicted octanol–water partition coefficient (Wildman–Crippen LogP) is 2.04. The zero-order valence-electron chi connectivity index (χ0n) is 11.0. The van der Waals surface area contributed by atoms with Gasteiger partial charge in [0.2, 0.25) is 0 Å². The first kappa shape index (κ1) is 14.3. The van der Waals surface area contributed by atoms with Gasteiger partial charge in [0, 0.05) is 5.69 Å². The minimum absolute atomic E-state index is 0.0486. The summed E-state index contributed by atoms with van der Waals surface area (Å²) in [6.45, 7) is 6.12. The van der Waals surface area contributed by atoms with Crippen molar-refractivity contribution in [2.45, 2.75) is 33.6 Å². The lowest BCUT2D eigenvalue weighted by atomic mass is 10.2. The maximum Gasteiger partial charge on any atom is 0.342 e. The molecule has 0 spiro atoms. The highest BCUT2D eigenvalue weighted by Gasteiger charge is 2.17. The topological polar surface area (TPSA) is 68.4 Å². The Morgan fingerprint density at radius 2 is 2.11 bits per heavy atom. The normalized spacial score (nSPS) is 10.2. The van der Waals surface area contributed by atoms with Gasteiger partial charge in [0.25, 0.3) is 5.56 Å². The molecule has 1 N–H and O–H groups in total. The molecule has 0 aliphatic carbocycles. The maximum atomic E-state index is 11.8. The molecule has 18 heavy (non-hydrogen) atoms. The molecule has 0 aliphatic rings. The highest BCUT2D eigenvalue weighted by Crippen LogP contribution is 2.15. The number of aromatic amines is 1. The summed E-state index contributed by atoms with van der Waals surface area (Å²) < 4.78 is 10.3. The summed E-state index contributed by atoms with van der Waals surface area (Å²) in [7, 11) is 0. The largest absolute Gasteiger partial charge is 0.487 e. The molecule has 0 saturated carbocycles. The molecule has 0 unspecified atom stereocenters. The number of H-pyrrole nitrogens is 1. The van der Waals surface area contributed by atoms with Crippen molar-refractivity contribution in [1.82, 2.24) is 4.98 Å². The summed E-state index contributed by atoms with van der Waals surface area (Å²) in [5.74, 6) is -0.481. The Hall–Kier alpha value is -1.78. The first-order valence-electron chi connectivity index (χ1n) is 6.14. The van der Waals surface area contributed by atoms with E-state index in [4.69, 9.17) is 9.47 Å². The number of aryl methyl sites for hydroxylation is 1. The van der Waals surface area contributed by atoms with Crippen LogP contribution in [0.15, 0.2) is 10.9 Å². The second-order valence-electron chi connectivity index (χ2n) is 3.95. The Morgan fingerprint density at radius 1 is 1.39 bits per heavy atom. The fourth-order valence-corrected chi connectivity index (χ4v) is 1.50. The van der Waals surface area contributed by atoms with Crippen LogP contribution in [0.4, 0.5) is 0 Å². The summed E-state index contributed by atoms with van der Waals surface area (Å²) in [4.78, 5) is 26.1. The maximum absolute atomic E-state index is 11.8. The minimum atomic E-state index is -0.529. The van der Waals surface area contributed by atoms with E-state index < -0.39 is 11.5 Å². The van der Waals surface area contributed by atoms with Crippen LogP contribution in [0, 0.1) is 6.92 Å². The van der Waals surface area contributed by atoms with Crippen LogP contribution in [0.3, 0.4) is 0 Å². The van der Waals surface area contributed by atoms with Crippen LogP contribution in [0.5, 0.6) is 5.75 Å². The molecule has 0 fully saturated rings. The molecule has 0 amide bonds. The van der Waals surface area contributed by atoms with Gasteiger partial charge in [-0.15, -0.1) is 0 Å². The molecule has 0 saturated heterocycles. The summed E-state index contributed by atoms with van der Waals surface area (Å²) >= 11 is 0. The Bertz CT molecular complexity index is 465. The molecule has 0 radical (unpaired) electrons. The number of hydrogen-bond acceptors (Lipinski definition) is 4. The summed E-state index contributed by atoms with van der Waals surface area (Å²) in [6.07, 6.45) is 1.79. The van der Waals surface area contributed by atoms with E-state index in [0.29, 0.717) is 12.3 Å². The van der Waals surface area contributed by atoms with Crippen molar-refractivity contribution in [3.8, 4) is 5.75 Å². The van der Waals surface area contributed by atoms with Crippen molar-refractivity contribution < 1.29 is 14.3 Å². The zero-order valence-corrected chi connectivity index (χ0v) is 11.0. The van der Waals surface area contributed by atoms with Crippen LogP contribution >= 0.6 is 0 Å². The van der Waals surface area contributed by atoms with Gasteiger partial charge in [-0.2, -0.15) is 0 Å². The number of unbranched alkanes of at least 4 members (excludes halogenated alkanes) is 1. The molecule has 5 nitrogen and oxygen atoms in total. The number of aromatic nitrogens is 1. The Morgan fingerprint density at radius 3 is 2.72 bits per heavy atom. The van der Waals surface area contributed by atoms with E-state index in [1.54, 1.807) is 19.9 Å². The molecule has 1 heterocycles. The molecule has 0 aliphatic heterocycles. The van der Waals surface area contributed by atoms with Crippen molar-refractivity contribution in [2.24, 2.45) is 0 Å². The average molecular weight is 253 g/mol. The van der Waals surface area contributed by atoms with Crippen molar-refractivity contribution in [3.05, 3.63) is 27.7 Å². The molecule has 5 heteroatoms. The van der Waals surface area contributed by atoms with Gasteiger partial charge < -0.3 is 14.5 Å². The van der Waals surface area contributed by atoms with Gasteiger partial charge in [-0.3, -0.25) is 4.79 Å². The van der Waals surface area contributed by atoms with Crippen LogP contribution in [0.2, 0.25) is 0 Å². The predicted molar refractivity (Wildman–Crippen MR) is 68.2 cm³/mol. The number of nitrogens with one attached hydrogen (secondary N) is 1. The SMILES string of the molecule is CCCCOc1c(C(=O)OCC)cc(C)[nH]c1=O. The van der Waals surface area contributed by atoms with Crippen molar-refractivity contribution in [3.63, 3.8) is 0 Å². The number of pyridine rings is 1. The van der Waals surface area contributed by atoms with Crippen LogP contribution < -0.4 is 10.3 Å². The highest BCUT2D eigenvalue weighted by molar-refractivity contribution is 5.92. The minimum Gasteiger partial charge on any atom is -0.487 e.